The van der Waals surface area contributed by atoms with Crippen LogP contribution >= 0.6 is 50.1 Å². The molecule has 1 nitrogen and oxygen atoms in total. The van der Waals surface area contributed by atoms with Gasteiger partial charge in [0.15, 0.2) is 11.6 Å². The molecular formula is C8H4BrClFIO. The molecule has 0 heterocycles. The number of hydrogen-bond donors (Lipinski definition) is 0. The van der Waals surface area contributed by atoms with E-state index in [-0.39, 0.29) is 22.0 Å². The lowest BCUT2D eigenvalue weighted by Crippen LogP contribution is -2.01. The Bertz CT molecular complexity index is 333. The largest absolute Gasteiger partial charge is 0.293 e. The lowest BCUT2D eigenvalue weighted by Gasteiger charge is -2.01. The normalized spacial score (nSPS) is 10.2. The molecular weight excluding hydrogens is 373 g/mol. The molecule has 0 amide bonds. The molecule has 0 aliphatic heterocycles. The molecule has 5 heteroatoms. The summed E-state index contributed by atoms with van der Waals surface area (Å²) in [6.45, 7) is 0. The van der Waals surface area contributed by atoms with E-state index in [0.29, 0.717) is 9.13 Å². The molecule has 0 aliphatic rings. The number of benzene rings is 1. The summed E-state index contributed by atoms with van der Waals surface area (Å²) in [7, 11) is 0. The fraction of sp³-hybridized carbons (Fsp3) is 0.125. The highest BCUT2D eigenvalue weighted by Gasteiger charge is 2.10. The number of rotatable bonds is 2. The maximum absolute atomic E-state index is 13.1. The maximum Gasteiger partial charge on any atom is 0.177 e. The van der Waals surface area contributed by atoms with E-state index >= 15 is 0 Å². The minimum atomic E-state index is -0.355. The Hall–Kier alpha value is 0.320. The Morgan fingerprint density at radius 2 is 2.23 bits per heavy atom. The third-order valence-electron chi connectivity index (χ3n) is 1.43. The highest BCUT2D eigenvalue weighted by Crippen LogP contribution is 2.23. The third kappa shape index (κ3) is 2.63. The molecule has 0 saturated carbocycles. The quantitative estimate of drug-likeness (QED) is 0.333. The smallest absolute Gasteiger partial charge is 0.177 e. The fourth-order valence-corrected chi connectivity index (χ4v) is 2.40. The van der Waals surface area contributed by atoms with Gasteiger partial charge >= 0.3 is 0 Å². The molecule has 0 atom stereocenters. The second-order valence-electron chi connectivity index (χ2n) is 2.31. The van der Waals surface area contributed by atoms with Crippen LogP contribution in [0.4, 0.5) is 4.39 Å². The molecule has 1 aromatic carbocycles. The first-order valence-electron chi connectivity index (χ1n) is 3.30. The van der Waals surface area contributed by atoms with Crippen molar-refractivity contribution in [3.05, 3.63) is 31.6 Å². The minimum absolute atomic E-state index is 0.0891. The molecule has 0 fully saturated rings. The van der Waals surface area contributed by atoms with Crippen molar-refractivity contribution in [3.63, 3.8) is 0 Å². The lowest BCUT2D eigenvalue weighted by atomic mass is 10.1. The van der Waals surface area contributed by atoms with Gasteiger partial charge in [-0.25, -0.2) is 4.39 Å². The van der Waals surface area contributed by atoms with E-state index in [0.717, 1.165) is 0 Å². The summed E-state index contributed by atoms with van der Waals surface area (Å²) in [5, 5.41) is 0. The van der Waals surface area contributed by atoms with Gasteiger partial charge in [-0.1, -0.05) is 0 Å². The number of carbonyl (C=O) groups is 1. The molecule has 0 aromatic heterocycles. The van der Waals surface area contributed by atoms with E-state index in [1.54, 1.807) is 0 Å². The van der Waals surface area contributed by atoms with E-state index in [2.05, 4.69) is 15.9 Å². The molecule has 0 radical (unpaired) electrons. The van der Waals surface area contributed by atoms with Gasteiger partial charge in [-0.3, -0.25) is 4.79 Å². The predicted octanol–water partition coefficient (Wildman–Crippen LogP) is 3.61. The van der Waals surface area contributed by atoms with Crippen molar-refractivity contribution in [3.8, 4) is 0 Å². The predicted molar refractivity (Wildman–Crippen MR) is 61.9 cm³/mol. The van der Waals surface area contributed by atoms with Crippen LogP contribution in [-0.2, 0) is 0 Å². The van der Waals surface area contributed by atoms with E-state index in [1.807, 2.05) is 22.6 Å². The van der Waals surface area contributed by atoms with Gasteiger partial charge in [-0.15, -0.1) is 11.6 Å². The van der Waals surface area contributed by atoms with Crippen LogP contribution in [-0.4, -0.2) is 11.7 Å². The summed E-state index contributed by atoms with van der Waals surface area (Å²) >= 11 is 10.2. The van der Waals surface area contributed by atoms with Crippen LogP contribution in [0.2, 0.25) is 0 Å². The number of Topliss-reactive ketones (excluding diaryl/α,β-unsaturated/α-hetero) is 1. The van der Waals surface area contributed by atoms with Crippen LogP contribution in [0.5, 0.6) is 0 Å². The average molecular weight is 377 g/mol. The summed E-state index contributed by atoms with van der Waals surface area (Å²) in [6.07, 6.45) is 0. The van der Waals surface area contributed by atoms with Gasteiger partial charge in [-0.2, -0.15) is 0 Å². The highest BCUT2D eigenvalue weighted by atomic mass is 127. The fourth-order valence-electron chi connectivity index (χ4n) is 0.794. The van der Waals surface area contributed by atoms with Crippen molar-refractivity contribution in [2.45, 2.75) is 0 Å². The molecule has 13 heavy (non-hydrogen) atoms. The third-order valence-corrected chi connectivity index (χ3v) is 3.03. The monoisotopic (exact) mass is 376 g/mol. The topological polar surface area (TPSA) is 17.1 Å². The Morgan fingerprint density at radius 1 is 1.62 bits per heavy atom. The summed E-state index contributed by atoms with van der Waals surface area (Å²) < 4.78 is 13.8. The highest BCUT2D eigenvalue weighted by molar-refractivity contribution is 14.1. The minimum Gasteiger partial charge on any atom is -0.293 e. The zero-order valence-electron chi connectivity index (χ0n) is 6.28. The summed E-state index contributed by atoms with van der Waals surface area (Å²) in [5.74, 6) is -0.652. The van der Waals surface area contributed by atoms with Gasteiger partial charge < -0.3 is 0 Å². The van der Waals surface area contributed by atoms with Crippen LogP contribution in [0.3, 0.4) is 0 Å². The van der Waals surface area contributed by atoms with Crippen molar-refractivity contribution in [1.82, 2.24) is 0 Å². The number of halogens is 4. The van der Waals surface area contributed by atoms with Gasteiger partial charge in [0.25, 0.3) is 0 Å². The molecule has 0 unspecified atom stereocenters. The zero-order chi connectivity index (χ0) is 10.0. The van der Waals surface area contributed by atoms with Crippen LogP contribution in [0.1, 0.15) is 10.4 Å². The van der Waals surface area contributed by atoms with Crippen LogP contribution in [0.25, 0.3) is 0 Å². The second kappa shape index (κ2) is 4.70. The Labute approximate surface area is 102 Å². The molecule has 70 valence electrons. The summed E-state index contributed by atoms with van der Waals surface area (Å²) in [4.78, 5) is 11.2. The lowest BCUT2D eigenvalue weighted by molar-refractivity contribution is 0.102. The number of alkyl halides is 1. The van der Waals surface area contributed by atoms with Gasteiger partial charge in [0.05, 0.1) is 13.9 Å². The molecule has 0 saturated heterocycles. The van der Waals surface area contributed by atoms with Crippen molar-refractivity contribution >= 4 is 55.9 Å². The molecule has 0 spiro atoms. The van der Waals surface area contributed by atoms with E-state index in [4.69, 9.17) is 11.6 Å². The molecule has 1 rings (SSSR count). The van der Waals surface area contributed by atoms with Crippen molar-refractivity contribution < 1.29 is 9.18 Å². The zero-order valence-corrected chi connectivity index (χ0v) is 10.8. The SMILES string of the molecule is O=C(CCl)c1cc(Br)c(F)c(I)c1. The Morgan fingerprint density at radius 3 is 2.69 bits per heavy atom. The number of carbonyl (C=O) groups excluding carboxylic acids is 1. The van der Waals surface area contributed by atoms with Gasteiger partial charge in [0.2, 0.25) is 0 Å². The van der Waals surface area contributed by atoms with Gasteiger partial charge in [0, 0.05) is 5.56 Å². The Balaban J connectivity index is 3.20. The molecule has 0 N–H and O–H groups in total. The van der Waals surface area contributed by atoms with Crippen LogP contribution in [0.15, 0.2) is 16.6 Å². The number of hydrogen-bond acceptors (Lipinski definition) is 1. The van der Waals surface area contributed by atoms with Gasteiger partial charge in [-0.05, 0) is 50.7 Å². The molecule has 0 aliphatic carbocycles. The molecule has 1 aromatic rings. The van der Waals surface area contributed by atoms with E-state index in [9.17, 15) is 9.18 Å². The van der Waals surface area contributed by atoms with E-state index < -0.39 is 0 Å². The summed E-state index contributed by atoms with van der Waals surface area (Å²) in [6, 6.07) is 2.91. The van der Waals surface area contributed by atoms with Crippen LogP contribution < -0.4 is 0 Å². The number of ketones is 1. The van der Waals surface area contributed by atoms with Crippen molar-refractivity contribution in [1.29, 1.82) is 0 Å². The summed E-state index contributed by atoms with van der Waals surface area (Å²) in [5.41, 5.74) is 0.424. The second-order valence-corrected chi connectivity index (χ2v) is 4.59. The average Bonchev–Trinajstić information content (AvgIpc) is 2.12. The van der Waals surface area contributed by atoms with Crippen LogP contribution in [0, 0.1) is 9.39 Å². The van der Waals surface area contributed by atoms with Crippen molar-refractivity contribution in [2.24, 2.45) is 0 Å². The van der Waals surface area contributed by atoms with Gasteiger partial charge in [0.1, 0.15) is 0 Å². The first-order chi connectivity index (χ1) is 6.06. The van der Waals surface area contributed by atoms with Crippen molar-refractivity contribution in [2.75, 3.05) is 5.88 Å². The maximum atomic E-state index is 13.1. The van der Waals surface area contributed by atoms with E-state index in [1.165, 1.54) is 12.1 Å². The first kappa shape index (κ1) is 11.4. The molecule has 0 bridgehead atoms. The Kier molecular flexibility index (Phi) is 4.12. The standard InChI is InChI=1S/C8H4BrClFIO/c9-5-1-4(7(13)3-10)2-6(12)8(5)11/h1-2H,3H2. The first-order valence-corrected chi connectivity index (χ1v) is 5.70.